The Morgan fingerprint density at radius 2 is 1.47 bits per heavy atom. The predicted octanol–water partition coefficient (Wildman–Crippen LogP) is 4.51. The Bertz CT molecular complexity index is 1400. The topological polar surface area (TPSA) is 121 Å². The molecular weight excluding hydrogens is 478 g/mol. The number of nitrogens with one attached hydrogen (secondary N) is 3. The second-order valence-electron chi connectivity index (χ2n) is 7.61. The number of amides is 3. The number of carbonyl (C=O) groups is 3. The number of rotatable bonds is 6. The summed E-state index contributed by atoms with van der Waals surface area (Å²) >= 11 is 6.29. The molecule has 0 radical (unpaired) electrons. The third-order valence-electron chi connectivity index (χ3n) is 4.81. The Balaban J connectivity index is 1.74. The van der Waals surface area contributed by atoms with Crippen LogP contribution in [0.15, 0.2) is 65.6 Å². The molecule has 0 unspecified atom stereocenters. The third-order valence-corrected chi connectivity index (χ3v) is 6.23. The average molecular weight is 500 g/mol. The maximum atomic E-state index is 12.6. The highest BCUT2D eigenvalue weighted by Crippen LogP contribution is 2.27. The number of benzene rings is 3. The van der Waals surface area contributed by atoms with Gasteiger partial charge in [-0.25, -0.2) is 8.42 Å². The summed E-state index contributed by atoms with van der Waals surface area (Å²) < 4.78 is 23.4. The average Bonchev–Trinajstić information content (AvgIpc) is 2.76. The van der Waals surface area contributed by atoms with Crippen LogP contribution in [0.2, 0.25) is 5.02 Å². The number of hydrogen-bond donors (Lipinski definition) is 3. The van der Waals surface area contributed by atoms with Gasteiger partial charge in [0.05, 0.1) is 15.6 Å². The summed E-state index contributed by atoms with van der Waals surface area (Å²) in [4.78, 5) is 36.6. The molecule has 8 nitrogen and oxygen atoms in total. The molecule has 3 amide bonds. The molecule has 3 rings (SSSR count). The zero-order chi connectivity index (χ0) is 25.0. The number of hydrogen-bond acceptors (Lipinski definition) is 5. The molecule has 0 aliphatic carbocycles. The van der Waals surface area contributed by atoms with Gasteiger partial charge in [-0.1, -0.05) is 23.7 Å². The highest BCUT2D eigenvalue weighted by molar-refractivity contribution is 7.90. The van der Waals surface area contributed by atoms with Crippen molar-refractivity contribution in [2.45, 2.75) is 18.7 Å². The second kappa shape index (κ2) is 10.1. The van der Waals surface area contributed by atoms with Gasteiger partial charge >= 0.3 is 0 Å². The summed E-state index contributed by atoms with van der Waals surface area (Å²) in [5, 5.41) is 8.20. The van der Waals surface area contributed by atoms with Crippen molar-refractivity contribution in [3.63, 3.8) is 0 Å². The van der Waals surface area contributed by atoms with E-state index in [1.807, 2.05) is 6.92 Å². The molecule has 10 heteroatoms. The molecule has 176 valence electrons. The van der Waals surface area contributed by atoms with Gasteiger partial charge in [-0.15, -0.1) is 0 Å². The Kier molecular flexibility index (Phi) is 7.38. The van der Waals surface area contributed by atoms with E-state index < -0.39 is 21.7 Å². The van der Waals surface area contributed by atoms with E-state index in [1.165, 1.54) is 43.3 Å². The van der Waals surface area contributed by atoms with Gasteiger partial charge in [0.2, 0.25) is 5.91 Å². The maximum Gasteiger partial charge on any atom is 0.255 e. The lowest BCUT2D eigenvalue weighted by Gasteiger charge is -2.12. The van der Waals surface area contributed by atoms with Crippen LogP contribution < -0.4 is 16.0 Å². The molecule has 0 spiro atoms. The normalized spacial score (nSPS) is 10.9. The Labute approximate surface area is 202 Å². The minimum absolute atomic E-state index is 0.0297. The first-order chi connectivity index (χ1) is 15.9. The van der Waals surface area contributed by atoms with Gasteiger partial charge in [-0.05, 0) is 61.0 Å². The summed E-state index contributed by atoms with van der Waals surface area (Å²) in [6.45, 7) is 3.20. The SMILES string of the molecule is CC(=O)Nc1cc(C(=O)Nc2ccc(NC(=O)c3cccc(S(C)(=O)=O)c3)c(Cl)c2)ccc1C. The van der Waals surface area contributed by atoms with Gasteiger partial charge in [-0.2, -0.15) is 0 Å². The second-order valence-corrected chi connectivity index (χ2v) is 10.0. The van der Waals surface area contributed by atoms with E-state index in [0.29, 0.717) is 16.9 Å². The fraction of sp³-hybridized carbons (Fsp3) is 0.125. The van der Waals surface area contributed by atoms with Crippen LogP contribution in [0, 0.1) is 6.92 Å². The van der Waals surface area contributed by atoms with Crippen molar-refractivity contribution in [2.75, 3.05) is 22.2 Å². The zero-order valence-electron chi connectivity index (χ0n) is 18.6. The minimum Gasteiger partial charge on any atom is -0.326 e. The summed E-state index contributed by atoms with van der Waals surface area (Å²) in [6, 6.07) is 15.2. The van der Waals surface area contributed by atoms with Crippen LogP contribution in [0.5, 0.6) is 0 Å². The van der Waals surface area contributed by atoms with E-state index in [-0.39, 0.29) is 27.1 Å². The summed E-state index contributed by atoms with van der Waals surface area (Å²) in [5.41, 5.74) is 2.54. The van der Waals surface area contributed by atoms with Crippen molar-refractivity contribution in [2.24, 2.45) is 0 Å². The van der Waals surface area contributed by atoms with E-state index in [1.54, 1.807) is 24.3 Å². The van der Waals surface area contributed by atoms with Gasteiger partial charge in [-0.3, -0.25) is 14.4 Å². The van der Waals surface area contributed by atoms with E-state index in [4.69, 9.17) is 11.6 Å². The molecule has 0 saturated carbocycles. The van der Waals surface area contributed by atoms with Crippen molar-refractivity contribution in [3.05, 3.63) is 82.4 Å². The van der Waals surface area contributed by atoms with Gasteiger partial charge in [0.25, 0.3) is 11.8 Å². The summed E-state index contributed by atoms with van der Waals surface area (Å²) in [7, 11) is -3.46. The third kappa shape index (κ3) is 6.21. The van der Waals surface area contributed by atoms with E-state index in [0.717, 1.165) is 11.8 Å². The Morgan fingerprint density at radius 1 is 0.794 bits per heavy atom. The molecule has 3 aromatic rings. The molecule has 0 aliphatic heterocycles. The quantitative estimate of drug-likeness (QED) is 0.460. The monoisotopic (exact) mass is 499 g/mol. The zero-order valence-corrected chi connectivity index (χ0v) is 20.2. The van der Waals surface area contributed by atoms with Crippen molar-refractivity contribution in [1.82, 2.24) is 0 Å². The lowest BCUT2D eigenvalue weighted by Crippen LogP contribution is -2.15. The smallest absolute Gasteiger partial charge is 0.255 e. The number of anilines is 3. The van der Waals surface area contributed by atoms with Gasteiger partial charge in [0, 0.05) is 35.7 Å². The molecular formula is C24H22ClN3O5S. The van der Waals surface area contributed by atoms with Crippen molar-refractivity contribution in [3.8, 4) is 0 Å². The Morgan fingerprint density at radius 3 is 2.12 bits per heavy atom. The molecule has 0 heterocycles. The van der Waals surface area contributed by atoms with Crippen molar-refractivity contribution in [1.29, 1.82) is 0 Å². The molecule has 3 N–H and O–H groups in total. The standard InChI is InChI=1S/C24H22ClN3O5S/c1-14-7-8-17(12-22(14)26-15(2)29)23(30)27-18-9-10-21(20(25)13-18)28-24(31)16-5-4-6-19(11-16)34(3,32)33/h4-13H,1-3H3,(H,26,29)(H,27,30)(H,28,31). The van der Waals surface area contributed by atoms with Gasteiger partial charge in [0.1, 0.15) is 0 Å². The van der Waals surface area contributed by atoms with Crippen LogP contribution in [0.25, 0.3) is 0 Å². The van der Waals surface area contributed by atoms with Crippen LogP contribution in [0.3, 0.4) is 0 Å². The highest BCUT2D eigenvalue weighted by Gasteiger charge is 2.14. The molecule has 0 aliphatic rings. The first-order valence-corrected chi connectivity index (χ1v) is 12.3. The molecule has 34 heavy (non-hydrogen) atoms. The van der Waals surface area contributed by atoms with E-state index in [2.05, 4.69) is 16.0 Å². The van der Waals surface area contributed by atoms with Crippen LogP contribution in [0.1, 0.15) is 33.2 Å². The van der Waals surface area contributed by atoms with E-state index >= 15 is 0 Å². The van der Waals surface area contributed by atoms with Crippen molar-refractivity contribution < 1.29 is 22.8 Å². The largest absolute Gasteiger partial charge is 0.326 e. The molecule has 0 atom stereocenters. The lowest BCUT2D eigenvalue weighted by molar-refractivity contribution is -0.114. The lowest BCUT2D eigenvalue weighted by atomic mass is 10.1. The van der Waals surface area contributed by atoms with Gasteiger partial charge < -0.3 is 16.0 Å². The first kappa shape index (κ1) is 24.9. The molecule has 0 aromatic heterocycles. The van der Waals surface area contributed by atoms with E-state index in [9.17, 15) is 22.8 Å². The number of sulfone groups is 1. The van der Waals surface area contributed by atoms with Crippen LogP contribution in [0.4, 0.5) is 17.1 Å². The van der Waals surface area contributed by atoms with Crippen LogP contribution >= 0.6 is 11.6 Å². The molecule has 0 saturated heterocycles. The number of aryl methyl sites for hydroxylation is 1. The Hall–Kier alpha value is -3.69. The van der Waals surface area contributed by atoms with Gasteiger partial charge in [0.15, 0.2) is 9.84 Å². The molecule has 0 fully saturated rings. The molecule has 3 aromatic carbocycles. The minimum atomic E-state index is -3.46. The first-order valence-electron chi connectivity index (χ1n) is 10.0. The summed E-state index contributed by atoms with van der Waals surface area (Å²) in [5.74, 6) is -1.18. The van der Waals surface area contributed by atoms with Crippen LogP contribution in [-0.2, 0) is 14.6 Å². The summed E-state index contributed by atoms with van der Waals surface area (Å²) in [6.07, 6.45) is 1.06. The maximum absolute atomic E-state index is 12.6. The molecule has 0 bridgehead atoms. The predicted molar refractivity (Wildman–Crippen MR) is 132 cm³/mol. The fourth-order valence-corrected chi connectivity index (χ4v) is 3.94. The number of halogens is 1. The highest BCUT2D eigenvalue weighted by atomic mass is 35.5. The van der Waals surface area contributed by atoms with Crippen LogP contribution in [-0.4, -0.2) is 32.4 Å². The fourth-order valence-electron chi connectivity index (χ4n) is 3.05. The van der Waals surface area contributed by atoms with Crippen molar-refractivity contribution >= 4 is 56.2 Å². The number of carbonyl (C=O) groups excluding carboxylic acids is 3.